The van der Waals surface area contributed by atoms with Gasteiger partial charge < -0.3 is 5.11 Å². The summed E-state index contributed by atoms with van der Waals surface area (Å²) in [5.41, 5.74) is 2.19. The number of carbonyl (C=O) groups excluding carboxylic acids is 2. The van der Waals surface area contributed by atoms with Gasteiger partial charge in [0.15, 0.2) is 12.6 Å². The molecule has 3 heteroatoms. The van der Waals surface area contributed by atoms with E-state index in [1.165, 1.54) is 0 Å². The largest absolute Gasteiger partial charge is 0.506 e. The van der Waals surface area contributed by atoms with Crippen molar-refractivity contribution in [3.63, 3.8) is 0 Å². The van der Waals surface area contributed by atoms with E-state index in [4.69, 9.17) is 0 Å². The molecule has 0 aliphatic rings. The van der Waals surface area contributed by atoms with Crippen molar-refractivity contribution in [2.45, 2.75) is 6.42 Å². The normalized spacial score (nSPS) is 10.0. The van der Waals surface area contributed by atoms with Gasteiger partial charge in [-0.05, 0) is 29.7 Å². The summed E-state index contributed by atoms with van der Waals surface area (Å²) in [4.78, 5) is 21.6. The summed E-state index contributed by atoms with van der Waals surface area (Å²) >= 11 is 0. The first-order valence-corrected chi connectivity index (χ1v) is 5.54. The average molecular weight is 240 g/mol. The maximum Gasteiger partial charge on any atom is 0.153 e. The van der Waals surface area contributed by atoms with Crippen LogP contribution in [0.4, 0.5) is 0 Å². The van der Waals surface area contributed by atoms with Gasteiger partial charge in [-0.25, -0.2) is 0 Å². The van der Waals surface area contributed by atoms with Crippen LogP contribution in [0.3, 0.4) is 0 Å². The summed E-state index contributed by atoms with van der Waals surface area (Å²) in [6.45, 7) is 0. The van der Waals surface area contributed by atoms with Crippen LogP contribution < -0.4 is 0 Å². The molecule has 0 heterocycles. The van der Waals surface area contributed by atoms with Gasteiger partial charge >= 0.3 is 0 Å². The Kier molecular flexibility index (Phi) is 3.53. The number of hydrogen-bond acceptors (Lipinski definition) is 3. The Morgan fingerprint density at radius 3 is 1.94 bits per heavy atom. The van der Waals surface area contributed by atoms with E-state index >= 15 is 0 Å². The monoisotopic (exact) mass is 240 g/mol. The zero-order valence-corrected chi connectivity index (χ0v) is 9.67. The summed E-state index contributed by atoms with van der Waals surface area (Å²) in [6.07, 6.45) is 1.72. The zero-order chi connectivity index (χ0) is 13.0. The Balaban J connectivity index is 2.40. The van der Waals surface area contributed by atoms with Gasteiger partial charge in [-0.1, -0.05) is 30.3 Å². The third kappa shape index (κ3) is 2.46. The van der Waals surface area contributed by atoms with E-state index in [2.05, 4.69) is 0 Å². The Hall–Kier alpha value is -2.42. The van der Waals surface area contributed by atoms with Gasteiger partial charge in [0.25, 0.3) is 0 Å². The number of hydrogen-bond donors (Lipinski definition) is 1. The summed E-state index contributed by atoms with van der Waals surface area (Å²) in [5, 5.41) is 9.62. The van der Waals surface area contributed by atoms with Crippen molar-refractivity contribution >= 4 is 12.6 Å². The van der Waals surface area contributed by atoms with E-state index < -0.39 is 0 Å². The molecule has 0 bridgehead atoms. The van der Waals surface area contributed by atoms with Crippen molar-refractivity contribution in [1.82, 2.24) is 0 Å². The predicted molar refractivity (Wildman–Crippen MR) is 68.1 cm³/mol. The molecule has 0 saturated carbocycles. The molecular formula is C15H12O3. The van der Waals surface area contributed by atoms with E-state index in [1.54, 1.807) is 12.1 Å². The maximum atomic E-state index is 10.8. The minimum atomic E-state index is -0.253. The second kappa shape index (κ2) is 5.27. The average Bonchev–Trinajstić information content (AvgIpc) is 2.41. The van der Waals surface area contributed by atoms with Crippen LogP contribution in [-0.4, -0.2) is 17.7 Å². The third-order valence-electron chi connectivity index (χ3n) is 2.73. The van der Waals surface area contributed by atoms with E-state index in [0.29, 0.717) is 19.0 Å². The van der Waals surface area contributed by atoms with Crippen molar-refractivity contribution in [2.75, 3.05) is 0 Å². The summed E-state index contributed by atoms with van der Waals surface area (Å²) in [6, 6.07) is 12.9. The number of carbonyl (C=O) groups is 2. The molecule has 3 nitrogen and oxygen atoms in total. The molecule has 0 aliphatic carbocycles. The molecule has 0 saturated heterocycles. The fourth-order valence-corrected chi connectivity index (χ4v) is 1.86. The van der Waals surface area contributed by atoms with Gasteiger partial charge in [-0.15, -0.1) is 0 Å². The summed E-state index contributed by atoms with van der Waals surface area (Å²) in [5.74, 6) is -0.253. The minimum Gasteiger partial charge on any atom is -0.506 e. The van der Waals surface area contributed by atoms with Crippen molar-refractivity contribution in [3.8, 4) is 5.75 Å². The quantitative estimate of drug-likeness (QED) is 0.836. The summed E-state index contributed by atoms with van der Waals surface area (Å²) < 4.78 is 0. The first-order valence-electron chi connectivity index (χ1n) is 5.54. The molecule has 0 aromatic heterocycles. The van der Waals surface area contributed by atoms with Gasteiger partial charge in [0.2, 0.25) is 0 Å². The fourth-order valence-electron chi connectivity index (χ4n) is 1.86. The SMILES string of the molecule is O=Cc1cc(Cc2ccccc2)cc(C=O)c1O. The lowest BCUT2D eigenvalue weighted by Crippen LogP contribution is -1.95. The van der Waals surface area contributed by atoms with Crippen LogP contribution >= 0.6 is 0 Å². The molecule has 2 rings (SSSR count). The van der Waals surface area contributed by atoms with Gasteiger partial charge in [0.1, 0.15) is 5.75 Å². The molecule has 0 spiro atoms. The lowest BCUT2D eigenvalue weighted by molar-refractivity contribution is 0.112. The van der Waals surface area contributed by atoms with Crippen molar-refractivity contribution in [3.05, 3.63) is 64.7 Å². The van der Waals surface area contributed by atoms with Crippen molar-refractivity contribution < 1.29 is 14.7 Å². The predicted octanol–water partition coefficient (Wildman–Crippen LogP) is 2.61. The highest BCUT2D eigenvalue weighted by atomic mass is 16.3. The fraction of sp³-hybridized carbons (Fsp3) is 0.0667. The topological polar surface area (TPSA) is 54.4 Å². The smallest absolute Gasteiger partial charge is 0.153 e. The molecular weight excluding hydrogens is 228 g/mol. The Morgan fingerprint density at radius 1 is 0.889 bits per heavy atom. The number of aromatic hydroxyl groups is 1. The zero-order valence-electron chi connectivity index (χ0n) is 9.67. The minimum absolute atomic E-state index is 0.144. The van der Waals surface area contributed by atoms with E-state index in [-0.39, 0.29) is 16.9 Å². The number of phenolic OH excluding ortho intramolecular Hbond substituents is 1. The molecule has 18 heavy (non-hydrogen) atoms. The van der Waals surface area contributed by atoms with Crippen LogP contribution in [0.25, 0.3) is 0 Å². The van der Waals surface area contributed by atoms with Gasteiger partial charge in [0.05, 0.1) is 11.1 Å². The highest BCUT2D eigenvalue weighted by Gasteiger charge is 2.09. The summed E-state index contributed by atoms with van der Waals surface area (Å²) in [7, 11) is 0. The van der Waals surface area contributed by atoms with Crippen LogP contribution in [-0.2, 0) is 6.42 Å². The molecule has 2 aromatic rings. The molecule has 2 aromatic carbocycles. The third-order valence-corrected chi connectivity index (χ3v) is 2.73. The molecule has 1 N–H and O–H groups in total. The van der Waals surface area contributed by atoms with E-state index in [1.807, 2.05) is 30.3 Å². The maximum absolute atomic E-state index is 10.8. The van der Waals surface area contributed by atoms with Crippen LogP contribution in [0, 0.1) is 0 Å². The number of phenols is 1. The van der Waals surface area contributed by atoms with E-state index in [0.717, 1.165) is 11.1 Å². The van der Waals surface area contributed by atoms with Crippen LogP contribution in [0.2, 0.25) is 0 Å². The molecule has 0 fully saturated rings. The van der Waals surface area contributed by atoms with Crippen molar-refractivity contribution in [2.24, 2.45) is 0 Å². The highest BCUT2D eigenvalue weighted by Crippen LogP contribution is 2.23. The first kappa shape index (κ1) is 12.0. The number of benzene rings is 2. The second-order valence-electron chi connectivity index (χ2n) is 4.02. The molecule has 0 atom stereocenters. The Morgan fingerprint density at radius 2 is 1.44 bits per heavy atom. The van der Waals surface area contributed by atoms with E-state index in [9.17, 15) is 14.7 Å². The molecule has 0 radical (unpaired) electrons. The standard InChI is InChI=1S/C15H12O3/c16-9-13-7-12(8-14(10-17)15(13)18)6-11-4-2-1-3-5-11/h1-5,7-10,18H,6H2. The number of rotatable bonds is 4. The first-order chi connectivity index (χ1) is 8.74. The van der Waals surface area contributed by atoms with Gasteiger partial charge in [0, 0.05) is 0 Å². The van der Waals surface area contributed by atoms with Crippen LogP contribution in [0.15, 0.2) is 42.5 Å². The van der Waals surface area contributed by atoms with Gasteiger partial charge in [-0.3, -0.25) is 9.59 Å². The lowest BCUT2D eigenvalue weighted by Gasteiger charge is -2.06. The molecule has 0 aliphatic heterocycles. The number of aldehydes is 2. The van der Waals surface area contributed by atoms with Crippen LogP contribution in [0.5, 0.6) is 5.75 Å². The molecule has 0 unspecified atom stereocenters. The molecule has 90 valence electrons. The van der Waals surface area contributed by atoms with Gasteiger partial charge in [-0.2, -0.15) is 0 Å². The second-order valence-corrected chi connectivity index (χ2v) is 4.02. The Bertz CT molecular complexity index is 545. The highest BCUT2D eigenvalue weighted by molar-refractivity contribution is 5.88. The van der Waals surface area contributed by atoms with Crippen molar-refractivity contribution in [1.29, 1.82) is 0 Å². The molecule has 0 amide bonds. The van der Waals surface area contributed by atoms with Crippen LogP contribution in [0.1, 0.15) is 31.8 Å². The Labute approximate surface area is 105 Å². The lowest BCUT2D eigenvalue weighted by atomic mass is 9.99.